The van der Waals surface area contributed by atoms with E-state index in [0.717, 1.165) is 21.0 Å². The van der Waals surface area contributed by atoms with Crippen LogP contribution in [0.25, 0.3) is 0 Å². The number of halogens is 2. The SMILES string of the molecule is CCCNC(=O)[C@H](Cc1ccccc1)N(Cc1ccc(Cl)cc1)C(=O)CN(c1cccc(Cl)c1)S(=O)(=O)c1ccc(C)cc1. The molecule has 230 valence electrons. The first kappa shape index (κ1) is 33.1. The molecule has 4 aromatic carbocycles. The molecule has 0 aliphatic heterocycles. The zero-order chi connectivity index (χ0) is 31.7. The van der Waals surface area contributed by atoms with Gasteiger partial charge in [0.15, 0.2) is 0 Å². The second-order valence-electron chi connectivity index (χ2n) is 10.4. The van der Waals surface area contributed by atoms with E-state index in [0.29, 0.717) is 23.0 Å². The Morgan fingerprint density at radius 1 is 0.818 bits per heavy atom. The predicted octanol–water partition coefficient (Wildman–Crippen LogP) is 6.66. The molecule has 7 nitrogen and oxygen atoms in total. The fraction of sp³-hybridized carbons (Fsp3) is 0.235. The molecular weight excluding hydrogens is 617 g/mol. The maximum absolute atomic E-state index is 14.4. The standard InChI is InChI=1S/C34H35Cl2N3O4S/c1-3-20-37-34(41)32(21-26-8-5-4-6-9-26)38(23-27-14-16-28(35)17-15-27)33(40)24-39(30-11-7-10-29(36)22-30)44(42,43)31-18-12-25(2)13-19-31/h4-19,22,32H,3,20-21,23-24H2,1-2H3,(H,37,41)/t32-/m0/s1. The lowest BCUT2D eigenvalue weighted by molar-refractivity contribution is -0.140. The van der Waals surface area contributed by atoms with E-state index < -0.39 is 28.5 Å². The van der Waals surface area contributed by atoms with Gasteiger partial charge in [-0.15, -0.1) is 0 Å². The van der Waals surface area contributed by atoms with Crippen LogP contribution in [0.1, 0.15) is 30.0 Å². The van der Waals surface area contributed by atoms with Crippen LogP contribution in [0.4, 0.5) is 5.69 Å². The van der Waals surface area contributed by atoms with E-state index in [2.05, 4.69) is 5.32 Å². The molecule has 0 saturated heterocycles. The lowest BCUT2D eigenvalue weighted by Gasteiger charge is -2.34. The van der Waals surface area contributed by atoms with Crippen molar-refractivity contribution in [2.75, 3.05) is 17.4 Å². The van der Waals surface area contributed by atoms with Gasteiger partial charge in [0.1, 0.15) is 12.6 Å². The molecule has 44 heavy (non-hydrogen) atoms. The number of nitrogens with one attached hydrogen (secondary N) is 1. The van der Waals surface area contributed by atoms with Crippen molar-refractivity contribution in [3.8, 4) is 0 Å². The van der Waals surface area contributed by atoms with E-state index in [9.17, 15) is 18.0 Å². The Kier molecular flexibility index (Phi) is 11.4. The molecule has 0 bridgehead atoms. The van der Waals surface area contributed by atoms with Crippen LogP contribution in [-0.4, -0.2) is 44.3 Å². The summed E-state index contributed by atoms with van der Waals surface area (Å²) < 4.78 is 29.2. The number of benzene rings is 4. The van der Waals surface area contributed by atoms with Crippen molar-refractivity contribution < 1.29 is 18.0 Å². The van der Waals surface area contributed by atoms with Crippen LogP contribution >= 0.6 is 23.2 Å². The second kappa shape index (κ2) is 15.2. The summed E-state index contributed by atoms with van der Waals surface area (Å²) in [6.45, 7) is 3.74. The summed E-state index contributed by atoms with van der Waals surface area (Å²) in [5.41, 5.74) is 2.72. The maximum Gasteiger partial charge on any atom is 0.264 e. The van der Waals surface area contributed by atoms with Crippen LogP contribution in [0.3, 0.4) is 0 Å². The highest BCUT2D eigenvalue weighted by molar-refractivity contribution is 7.92. The topological polar surface area (TPSA) is 86.8 Å². The van der Waals surface area contributed by atoms with Gasteiger partial charge in [-0.1, -0.05) is 96.4 Å². The van der Waals surface area contributed by atoms with Crippen LogP contribution in [-0.2, 0) is 32.6 Å². The van der Waals surface area contributed by atoms with Crippen molar-refractivity contribution in [1.82, 2.24) is 10.2 Å². The van der Waals surface area contributed by atoms with E-state index in [-0.39, 0.29) is 29.5 Å². The summed E-state index contributed by atoms with van der Waals surface area (Å²) in [5, 5.41) is 3.78. The third kappa shape index (κ3) is 8.62. The number of aryl methyl sites for hydroxylation is 1. The molecule has 0 radical (unpaired) electrons. The van der Waals surface area contributed by atoms with Crippen LogP contribution in [0, 0.1) is 6.92 Å². The molecule has 1 N–H and O–H groups in total. The van der Waals surface area contributed by atoms with Gasteiger partial charge in [-0.3, -0.25) is 13.9 Å². The molecule has 0 saturated carbocycles. The van der Waals surface area contributed by atoms with Gasteiger partial charge in [0.2, 0.25) is 11.8 Å². The first-order valence-electron chi connectivity index (χ1n) is 14.3. The summed E-state index contributed by atoms with van der Waals surface area (Å²) in [6, 6.07) is 28.2. The molecule has 0 aromatic heterocycles. The zero-order valence-corrected chi connectivity index (χ0v) is 26.9. The molecule has 0 aliphatic carbocycles. The molecule has 0 fully saturated rings. The lowest BCUT2D eigenvalue weighted by Crippen LogP contribution is -2.53. The van der Waals surface area contributed by atoms with E-state index in [1.54, 1.807) is 54.6 Å². The molecule has 0 spiro atoms. The minimum atomic E-state index is -4.20. The minimum absolute atomic E-state index is 0.0293. The lowest BCUT2D eigenvalue weighted by atomic mass is 10.0. The maximum atomic E-state index is 14.4. The third-order valence-corrected chi connectivity index (χ3v) is 9.35. The van der Waals surface area contributed by atoms with Crippen LogP contribution in [0.2, 0.25) is 10.0 Å². The van der Waals surface area contributed by atoms with E-state index in [1.807, 2.05) is 44.2 Å². The van der Waals surface area contributed by atoms with Gasteiger partial charge in [-0.25, -0.2) is 8.42 Å². The molecule has 1 atom stereocenters. The Bertz CT molecular complexity index is 1670. The van der Waals surface area contributed by atoms with Crippen LogP contribution in [0.15, 0.2) is 108 Å². The highest BCUT2D eigenvalue weighted by atomic mass is 35.5. The second-order valence-corrected chi connectivity index (χ2v) is 13.2. The summed E-state index contributed by atoms with van der Waals surface area (Å²) in [5.74, 6) is -0.878. The fourth-order valence-electron chi connectivity index (χ4n) is 4.70. The Labute approximate surface area is 269 Å². The highest BCUT2D eigenvalue weighted by Gasteiger charge is 2.34. The summed E-state index contributed by atoms with van der Waals surface area (Å²) in [7, 11) is -4.20. The summed E-state index contributed by atoms with van der Waals surface area (Å²) in [6.07, 6.45) is 0.948. The smallest absolute Gasteiger partial charge is 0.264 e. The molecule has 4 rings (SSSR count). The number of rotatable bonds is 13. The Hall–Kier alpha value is -3.85. The van der Waals surface area contributed by atoms with E-state index in [1.165, 1.54) is 23.1 Å². The van der Waals surface area contributed by atoms with Gasteiger partial charge in [-0.2, -0.15) is 0 Å². The van der Waals surface area contributed by atoms with Gasteiger partial charge in [-0.05, 0) is 66.9 Å². The zero-order valence-electron chi connectivity index (χ0n) is 24.6. The van der Waals surface area contributed by atoms with Gasteiger partial charge in [0, 0.05) is 29.6 Å². The van der Waals surface area contributed by atoms with Crippen molar-refractivity contribution in [1.29, 1.82) is 0 Å². The van der Waals surface area contributed by atoms with Gasteiger partial charge in [0.25, 0.3) is 10.0 Å². The largest absolute Gasteiger partial charge is 0.354 e. The van der Waals surface area contributed by atoms with Crippen molar-refractivity contribution in [2.24, 2.45) is 0 Å². The Balaban J connectivity index is 1.79. The molecule has 0 aliphatic rings. The normalized spacial score (nSPS) is 11.9. The van der Waals surface area contributed by atoms with Crippen LogP contribution in [0.5, 0.6) is 0 Å². The molecule has 2 amide bonds. The number of carbonyl (C=O) groups is 2. The number of amides is 2. The summed E-state index contributed by atoms with van der Waals surface area (Å²) in [4.78, 5) is 29.6. The number of nitrogens with zero attached hydrogens (tertiary/aromatic N) is 2. The van der Waals surface area contributed by atoms with E-state index in [4.69, 9.17) is 23.2 Å². The number of hydrogen-bond donors (Lipinski definition) is 1. The van der Waals surface area contributed by atoms with E-state index >= 15 is 0 Å². The molecular formula is C34H35Cl2N3O4S. The first-order valence-corrected chi connectivity index (χ1v) is 16.5. The summed E-state index contributed by atoms with van der Waals surface area (Å²) >= 11 is 12.4. The molecule has 10 heteroatoms. The number of carbonyl (C=O) groups excluding carboxylic acids is 2. The van der Waals surface area contributed by atoms with Gasteiger partial charge < -0.3 is 10.2 Å². The molecule has 0 heterocycles. The minimum Gasteiger partial charge on any atom is -0.354 e. The number of sulfonamides is 1. The third-order valence-electron chi connectivity index (χ3n) is 7.07. The first-order chi connectivity index (χ1) is 21.1. The fourth-order valence-corrected chi connectivity index (χ4v) is 6.42. The predicted molar refractivity (Wildman–Crippen MR) is 176 cm³/mol. The van der Waals surface area contributed by atoms with Gasteiger partial charge in [0.05, 0.1) is 10.6 Å². The Morgan fingerprint density at radius 2 is 1.50 bits per heavy atom. The van der Waals surface area contributed by atoms with Crippen molar-refractivity contribution in [3.05, 3.63) is 130 Å². The van der Waals surface area contributed by atoms with Crippen molar-refractivity contribution in [3.63, 3.8) is 0 Å². The van der Waals surface area contributed by atoms with Crippen molar-refractivity contribution >= 4 is 50.7 Å². The van der Waals surface area contributed by atoms with Gasteiger partial charge >= 0.3 is 0 Å². The van der Waals surface area contributed by atoms with Crippen molar-refractivity contribution in [2.45, 2.75) is 44.2 Å². The number of hydrogen-bond acceptors (Lipinski definition) is 4. The monoisotopic (exact) mass is 651 g/mol. The average Bonchev–Trinajstić information content (AvgIpc) is 3.01. The molecule has 4 aromatic rings. The quantitative estimate of drug-likeness (QED) is 0.175. The molecule has 0 unspecified atom stereocenters. The van der Waals surface area contributed by atoms with Crippen LogP contribution < -0.4 is 9.62 Å². The highest BCUT2D eigenvalue weighted by Crippen LogP contribution is 2.27. The number of anilines is 1. The average molecular weight is 653 g/mol. The Morgan fingerprint density at radius 3 is 2.14 bits per heavy atom.